The molecule has 2 amide bonds. The lowest BCUT2D eigenvalue weighted by molar-refractivity contribution is -0.142. The molecule has 0 bridgehead atoms. The van der Waals surface area contributed by atoms with Crippen molar-refractivity contribution in [3.63, 3.8) is 0 Å². The number of halogens is 1. The topological polar surface area (TPSA) is 159 Å². The van der Waals surface area contributed by atoms with Crippen LogP contribution in [0.3, 0.4) is 0 Å². The standard InChI is InChI=1S/C24H34N8O4.ClH/c1-16-8-12-31(20(33)7-10-25)14-19(16)30(2)21-17-9-13-32(22(17)29-15-28-21)24(35)27-11-5-4-6-18(26)23(34)36-3;/h9,13,15-16,18-19H,4-8,11-12,14,26H2,1-3H3,(H,27,35);1H/t16-,18+,19+;/m1./s1. The summed E-state index contributed by atoms with van der Waals surface area (Å²) in [6.45, 7) is 3.71. The number of hydrogen-bond donors (Lipinski definition) is 2. The monoisotopic (exact) mass is 534 g/mol. The van der Waals surface area contributed by atoms with Crippen LogP contribution in [0.15, 0.2) is 18.6 Å². The Morgan fingerprint density at radius 1 is 1.35 bits per heavy atom. The molecule has 37 heavy (non-hydrogen) atoms. The van der Waals surface area contributed by atoms with E-state index in [0.29, 0.717) is 56.3 Å². The minimum absolute atomic E-state index is 0. The molecule has 13 heteroatoms. The van der Waals surface area contributed by atoms with Gasteiger partial charge in [-0.25, -0.2) is 14.8 Å². The first-order valence-corrected chi connectivity index (χ1v) is 12.1. The predicted molar refractivity (Wildman–Crippen MR) is 140 cm³/mol. The lowest BCUT2D eigenvalue weighted by atomic mass is 9.92. The van der Waals surface area contributed by atoms with E-state index in [-0.39, 0.29) is 36.8 Å². The summed E-state index contributed by atoms with van der Waals surface area (Å²) >= 11 is 0. The Morgan fingerprint density at radius 2 is 2.11 bits per heavy atom. The van der Waals surface area contributed by atoms with Crippen LogP contribution in [-0.2, 0) is 14.3 Å². The van der Waals surface area contributed by atoms with Crippen LogP contribution in [-0.4, -0.2) is 83.2 Å². The number of methoxy groups -OCH3 is 1. The van der Waals surface area contributed by atoms with Crippen molar-refractivity contribution in [3.8, 4) is 6.07 Å². The fourth-order valence-electron chi connectivity index (χ4n) is 4.54. The number of unbranched alkanes of at least 4 members (excludes halogenated alkanes) is 1. The third-order valence-electron chi connectivity index (χ3n) is 6.73. The maximum atomic E-state index is 12.8. The van der Waals surface area contributed by atoms with E-state index >= 15 is 0 Å². The van der Waals surface area contributed by atoms with Crippen LogP contribution >= 0.6 is 12.4 Å². The maximum Gasteiger partial charge on any atom is 0.327 e. The second-order valence-electron chi connectivity index (χ2n) is 9.10. The minimum Gasteiger partial charge on any atom is -0.468 e. The molecule has 202 valence electrons. The van der Waals surface area contributed by atoms with Gasteiger partial charge >= 0.3 is 12.0 Å². The van der Waals surface area contributed by atoms with Gasteiger partial charge in [0.25, 0.3) is 0 Å². The summed E-state index contributed by atoms with van der Waals surface area (Å²) in [6.07, 6.45) is 5.61. The number of piperidine rings is 1. The molecule has 1 fully saturated rings. The van der Waals surface area contributed by atoms with Crippen LogP contribution in [0, 0.1) is 17.2 Å². The van der Waals surface area contributed by atoms with Gasteiger partial charge in [-0.15, -0.1) is 12.4 Å². The highest BCUT2D eigenvalue weighted by Crippen LogP contribution is 2.29. The van der Waals surface area contributed by atoms with Gasteiger partial charge in [0.05, 0.1) is 24.6 Å². The molecule has 0 aliphatic carbocycles. The molecular weight excluding hydrogens is 500 g/mol. The number of nitriles is 1. The number of amides is 2. The van der Waals surface area contributed by atoms with E-state index in [2.05, 4.69) is 26.9 Å². The molecule has 0 unspecified atom stereocenters. The van der Waals surface area contributed by atoms with Crippen molar-refractivity contribution in [3.05, 3.63) is 18.6 Å². The van der Waals surface area contributed by atoms with Crippen molar-refractivity contribution in [2.24, 2.45) is 11.7 Å². The molecule has 3 atom stereocenters. The predicted octanol–water partition coefficient (Wildman–Crippen LogP) is 1.67. The second kappa shape index (κ2) is 13.8. The summed E-state index contributed by atoms with van der Waals surface area (Å²) in [7, 11) is 3.23. The third kappa shape index (κ3) is 7.08. The van der Waals surface area contributed by atoms with E-state index in [9.17, 15) is 14.4 Å². The number of aromatic nitrogens is 3. The minimum atomic E-state index is -0.658. The number of rotatable bonds is 9. The van der Waals surface area contributed by atoms with Gasteiger partial charge < -0.3 is 25.6 Å². The highest BCUT2D eigenvalue weighted by atomic mass is 35.5. The number of likely N-dealkylation sites (N-methyl/N-ethyl adjacent to an activating group) is 1. The number of carbonyl (C=O) groups is 3. The lowest BCUT2D eigenvalue weighted by Gasteiger charge is -2.42. The van der Waals surface area contributed by atoms with Crippen LogP contribution in [0.25, 0.3) is 11.0 Å². The molecule has 0 radical (unpaired) electrons. The molecule has 0 aromatic carbocycles. The van der Waals surface area contributed by atoms with Crippen molar-refractivity contribution < 1.29 is 19.1 Å². The summed E-state index contributed by atoms with van der Waals surface area (Å²) in [6, 6.07) is 2.78. The molecule has 3 N–H and O–H groups in total. The van der Waals surface area contributed by atoms with Gasteiger partial charge in [-0.2, -0.15) is 5.26 Å². The Kier molecular flexibility index (Phi) is 11.1. The first-order valence-electron chi connectivity index (χ1n) is 12.1. The number of ether oxygens (including phenoxy) is 1. The summed E-state index contributed by atoms with van der Waals surface area (Å²) in [5.41, 5.74) is 6.21. The zero-order valence-electron chi connectivity index (χ0n) is 21.4. The summed E-state index contributed by atoms with van der Waals surface area (Å²) in [5.74, 6) is 0.381. The van der Waals surface area contributed by atoms with Crippen molar-refractivity contribution in [2.45, 2.75) is 51.1 Å². The van der Waals surface area contributed by atoms with Crippen molar-refractivity contribution in [2.75, 3.05) is 38.7 Å². The lowest BCUT2D eigenvalue weighted by Crippen LogP contribution is -2.52. The highest BCUT2D eigenvalue weighted by molar-refractivity contribution is 5.94. The van der Waals surface area contributed by atoms with Gasteiger partial charge in [-0.05, 0) is 37.7 Å². The fraction of sp³-hybridized carbons (Fsp3) is 0.583. The van der Waals surface area contributed by atoms with Crippen LogP contribution in [0.5, 0.6) is 0 Å². The van der Waals surface area contributed by atoms with Gasteiger partial charge in [0.15, 0.2) is 5.65 Å². The fourth-order valence-corrected chi connectivity index (χ4v) is 4.54. The molecule has 1 aliphatic rings. The molecule has 0 spiro atoms. The van der Waals surface area contributed by atoms with Gasteiger partial charge in [0, 0.05) is 32.9 Å². The van der Waals surface area contributed by atoms with Crippen LogP contribution in [0.4, 0.5) is 10.6 Å². The first-order chi connectivity index (χ1) is 17.3. The number of likely N-dealkylation sites (tertiary alicyclic amines) is 1. The normalized spacial score (nSPS) is 17.9. The van der Waals surface area contributed by atoms with Crippen LogP contribution in [0.1, 0.15) is 39.0 Å². The molecular formula is C24H35ClN8O4. The number of nitrogens with zero attached hydrogens (tertiary/aromatic N) is 6. The average Bonchev–Trinajstić information content (AvgIpc) is 3.32. The number of nitrogens with two attached hydrogens (primary N) is 1. The summed E-state index contributed by atoms with van der Waals surface area (Å²) < 4.78 is 6.06. The van der Waals surface area contributed by atoms with E-state index in [1.54, 1.807) is 11.1 Å². The smallest absolute Gasteiger partial charge is 0.327 e. The maximum absolute atomic E-state index is 12.8. The largest absolute Gasteiger partial charge is 0.468 e. The van der Waals surface area contributed by atoms with E-state index in [1.165, 1.54) is 18.0 Å². The van der Waals surface area contributed by atoms with Crippen molar-refractivity contribution >= 4 is 47.2 Å². The molecule has 3 rings (SSSR count). The molecule has 3 heterocycles. The van der Waals surface area contributed by atoms with E-state index in [1.807, 2.05) is 24.1 Å². The molecule has 1 saturated heterocycles. The number of nitrogens with one attached hydrogen (secondary N) is 1. The SMILES string of the molecule is COC(=O)[C@@H](N)CCCCNC(=O)n1ccc2c(N(C)[C@H]3CN(C(=O)CC#N)CC[C@H]3C)ncnc21.Cl. The summed E-state index contributed by atoms with van der Waals surface area (Å²) in [5, 5.41) is 12.5. The Labute approximate surface area is 222 Å². The number of carbonyl (C=O) groups excluding carboxylic acids is 3. The number of anilines is 1. The Bertz CT molecular complexity index is 1130. The number of esters is 1. The van der Waals surface area contributed by atoms with Crippen molar-refractivity contribution in [1.82, 2.24) is 24.8 Å². The third-order valence-corrected chi connectivity index (χ3v) is 6.73. The Morgan fingerprint density at radius 3 is 2.81 bits per heavy atom. The molecule has 1 aliphatic heterocycles. The van der Waals surface area contributed by atoms with E-state index in [0.717, 1.165) is 11.8 Å². The van der Waals surface area contributed by atoms with Gasteiger partial charge in [-0.1, -0.05) is 6.92 Å². The quantitative estimate of drug-likeness (QED) is 0.360. The molecule has 12 nitrogen and oxygen atoms in total. The zero-order chi connectivity index (χ0) is 26.2. The molecule has 2 aromatic heterocycles. The van der Waals surface area contributed by atoms with Gasteiger partial charge in [0.2, 0.25) is 5.91 Å². The Hall–Kier alpha value is -3.43. The first kappa shape index (κ1) is 29.8. The van der Waals surface area contributed by atoms with E-state index < -0.39 is 12.0 Å². The second-order valence-corrected chi connectivity index (χ2v) is 9.10. The van der Waals surface area contributed by atoms with Gasteiger partial charge in [-0.3, -0.25) is 14.2 Å². The molecule has 0 saturated carbocycles. The zero-order valence-corrected chi connectivity index (χ0v) is 22.2. The van der Waals surface area contributed by atoms with Crippen LogP contribution in [0.2, 0.25) is 0 Å². The van der Waals surface area contributed by atoms with Crippen LogP contribution < -0.4 is 16.0 Å². The Balaban J connectivity index is 0.00000481. The van der Waals surface area contributed by atoms with E-state index in [4.69, 9.17) is 11.0 Å². The number of fused-ring (bicyclic) bond motifs is 1. The summed E-state index contributed by atoms with van der Waals surface area (Å²) in [4.78, 5) is 49.0. The number of hydrogen-bond acceptors (Lipinski definition) is 9. The average molecular weight is 535 g/mol. The van der Waals surface area contributed by atoms with Crippen molar-refractivity contribution in [1.29, 1.82) is 5.26 Å². The molecule has 2 aromatic rings. The highest BCUT2D eigenvalue weighted by Gasteiger charge is 2.32. The van der Waals surface area contributed by atoms with Gasteiger partial charge in [0.1, 0.15) is 24.6 Å².